The number of hydrogen-bond donors (Lipinski definition) is 3. The molecule has 0 saturated carbocycles. The van der Waals surface area contributed by atoms with Gasteiger partial charge in [0.1, 0.15) is 11.7 Å². The summed E-state index contributed by atoms with van der Waals surface area (Å²) in [6, 6.07) is 1.20. The smallest absolute Gasteiger partial charge is 0.134 e. The van der Waals surface area contributed by atoms with Gasteiger partial charge < -0.3 is 16.0 Å². The fourth-order valence-electron chi connectivity index (χ4n) is 0.763. The van der Waals surface area contributed by atoms with Crippen molar-refractivity contribution < 1.29 is 8.76 Å². The monoisotopic (exact) mass is 199 g/mol. The first kappa shape index (κ1) is 9.62. The summed E-state index contributed by atoms with van der Waals surface area (Å²) >= 11 is -2.38. The topological polar surface area (TPSA) is 129 Å². The van der Waals surface area contributed by atoms with Crippen molar-refractivity contribution in [2.24, 2.45) is 5.73 Å². The fourth-order valence-corrected chi connectivity index (χ4v) is 1.12. The van der Waals surface area contributed by atoms with Crippen LogP contribution in [0.1, 0.15) is 5.56 Å². The Kier molecular flexibility index (Phi) is 2.59. The zero-order valence-corrected chi connectivity index (χ0v) is 7.30. The lowest BCUT2D eigenvalue weighted by Gasteiger charge is -2.07. The van der Waals surface area contributed by atoms with Crippen molar-refractivity contribution in [2.45, 2.75) is 4.90 Å². The van der Waals surface area contributed by atoms with Gasteiger partial charge in [0, 0.05) is 11.1 Å². The van der Waals surface area contributed by atoms with E-state index in [1.165, 1.54) is 6.07 Å². The van der Waals surface area contributed by atoms with Gasteiger partial charge in [-0.15, -0.1) is 0 Å². The zero-order chi connectivity index (χ0) is 10.0. The molecule has 0 spiro atoms. The van der Waals surface area contributed by atoms with Gasteiger partial charge in [0.15, 0.2) is 0 Å². The molecule has 6 nitrogen and oxygen atoms in total. The molecule has 0 amide bonds. The highest BCUT2D eigenvalue weighted by Crippen LogP contribution is 2.11. The predicted octanol–water partition coefficient (Wildman–Crippen LogP) is -0.814. The molecular formula is C6H7N4O2S-. The first-order valence-electron chi connectivity index (χ1n) is 3.21. The molecule has 1 atom stereocenters. The van der Waals surface area contributed by atoms with Gasteiger partial charge in [-0.25, -0.2) is 4.98 Å². The maximum absolute atomic E-state index is 10.5. The summed E-state index contributed by atoms with van der Waals surface area (Å²) in [4.78, 5) is 3.54. The number of rotatable bonds is 2. The van der Waals surface area contributed by atoms with Gasteiger partial charge in [0.25, 0.3) is 0 Å². The first-order chi connectivity index (χ1) is 6.02. The van der Waals surface area contributed by atoms with E-state index in [2.05, 4.69) is 4.98 Å². The first-order valence-corrected chi connectivity index (χ1v) is 4.29. The second-order valence-electron chi connectivity index (χ2n) is 2.25. The Bertz CT molecular complexity index is 379. The average molecular weight is 199 g/mol. The zero-order valence-electron chi connectivity index (χ0n) is 6.48. The van der Waals surface area contributed by atoms with Crippen LogP contribution in [0.4, 0.5) is 5.82 Å². The lowest BCUT2D eigenvalue weighted by atomic mass is 10.2. The summed E-state index contributed by atoms with van der Waals surface area (Å²) in [5.41, 5.74) is 10.6. The Balaban J connectivity index is 3.27. The predicted molar refractivity (Wildman–Crippen MR) is 46.9 cm³/mol. The van der Waals surface area contributed by atoms with Crippen molar-refractivity contribution in [3.63, 3.8) is 0 Å². The van der Waals surface area contributed by atoms with Crippen molar-refractivity contribution in [3.05, 3.63) is 17.8 Å². The van der Waals surface area contributed by atoms with E-state index in [0.29, 0.717) is 0 Å². The third-order valence-corrected chi connectivity index (χ3v) is 1.98. The van der Waals surface area contributed by atoms with E-state index >= 15 is 0 Å². The number of pyridine rings is 1. The van der Waals surface area contributed by atoms with Gasteiger partial charge in [-0.1, -0.05) is 0 Å². The van der Waals surface area contributed by atoms with Crippen molar-refractivity contribution in [3.8, 4) is 0 Å². The lowest BCUT2D eigenvalue weighted by molar-refractivity contribution is 0.536. The van der Waals surface area contributed by atoms with Gasteiger partial charge >= 0.3 is 0 Å². The number of aromatic nitrogens is 1. The summed E-state index contributed by atoms with van der Waals surface area (Å²) in [6.07, 6.45) is 1.10. The standard InChI is InChI=1S/C6H8N4O2S/c7-5(8)4-1-3(13(11)12)2-10-6(4)9/h1-2H,(H3,7,8)(H2,9,10)(H,11,12)/p-1. The van der Waals surface area contributed by atoms with Crippen LogP contribution in [-0.2, 0) is 11.1 Å². The van der Waals surface area contributed by atoms with Gasteiger partial charge in [-0.3, -0.25) is 9.62 Å². The lowest BCUT2D eigenvalue weighted by Crippen LogP contribution is -2.15. The minimum absolute atomic E-state index is 0.0422. The largest absolute Gasteiger partial charge is 0.768 e. The maximum atomic E-state index is 10.5. The van der Waals surface area contributed by atoms with Gasteiger partial charge in [-0.2, -0.15) is 0 Å². The van der Waals surface area contributed by atoms with E-state index in [9.17, 15) is 8.76 Å². The quantitative estimate of drug-likeness (QED) is 0.325. The van der Waals surface area contributed by atoms with Crippen LogP contribution in [-0.4, -0.2) is 19.6 Å². The molecule has 13 heavy (non-hydrogen) atoms. The SMILES string of the molecule is N=C(N)c1cc(S(=O)[O-])cnc1N. The highest BCUT2D eigenvalue weighted by atomic mass is 32.2. The van der Waals surface area contributed by atoms with E-state index < -0.39 is 11.1 Å². The molecule has 1 aromatic heterocycles. The van der Waals surface area contributed by atoms with E-state index in [4.69, 9.17) is 16.9 Å². The van der Waals surface area contributed by atoms with Crippen molar-refractivity contribution in [1.82, 2.24) is 4.98 Å². The molecule has 0 radical (unpaired) electrons. The molecular weight excluding hydrogens is 192 g/mol. The molecule has 0 aliphatic carbocycles. The number of nitrogen functional groups attached to an aromatic ring is 2. The maximum Gasteiger partial charge on any atom is 0.134 e. The number of nitrogens with two attached hydrogens (primary N) is 2. The Morgan fingerprint density at radius 3 is 2.77 bits per heavy atom. The third-order valence-electron chi connectivity index (χ3n) is 1.38. The van der Waals surface area contributed by atoms with Crippen molar-refractivity contribution >= 4 is 22.7 Å². The van der Waals surface area contributed by atoms with Crippen LogP contribution >= 0.6 is 0 Å². The van der Waals surface area contributed by atoms with E-state index in [1.807, 2.05) is 0 Å². The Labute approximate surface area is 76.8 Å². The Morgan fingerprint density at radius 2 is 2.31 bits per heavy atom. The van der Waals surface area contributed by atoms with Crippen molar-refractivity contribution in [2.75, 3.05) is 5.73 Å². The van der Waals surface area contributed by atoms with E-state index in [0.717, 1.165) is 6.20 Å². The van der Waals surface area contributed by atoms with Crippen LogP contribution < -0.4 is 11.5 Å². The molecule has 70 valence electrons. The Hall–Kier alpha value is -1.47. The molecule has 1 heterocycles. The summed E-state index contributed by atoms with van der Waals surface area (Å²) in [7, 11) is 0. The number of amidine groups is 1. The summed E-state index contributed by atoms with van der Waals surface area (Å²) in [5.74, 6) is -0.265. The molecule has 0 aliphatic rings. The molecule has 0 aliphatic heterocycles. The number of anilines is 1. The molecule has 5 N–H and O–H groups in total. The van der Waals surface area contributed by atoms with Crippen molar-refractivity contribution in [1.29, 1.82) is 5.41 Å². The highest BCUT2D eigenvalue weighted by molar-refractivity contribution is 7.79. The highest BCUT2D eigenvalue weighted by Gasteiger charge is 2.05. The normalized spacial score (nSPS) is 12.4. The number of hydrogen-bond acceptors (Lipinski definition) is 5. The van der Waals surface area contributed by atoms with E-state index in [1.54, 1.807) is 0 Å². The van der Waals surface area contributed by atoms with Crippen LogP contribution in [0.25, 0.3) is 0 Å². The molecule has 0 saturated heterocycles. The summed E-state index contributed by atoms with van der Waals surface area (Å²) in [5, 5.41) is 7.07. The van der Waals surface area contributed by atoms with Gasteiger partial charge in [-0.05, 0) is 17.1 Å². The van der Waals surface area contributed by atoms with Crippen LogP contribution in [0.15, 0.2) is 17.2 Å². The molecule has 0 bridgehead atoms. The molecule has 0 aromatic carbocycles. The summed E-state index contributed by atoms with van der Waals surface area (Å²) < 4.78 is 21.0. The van der Waals surface area contributed by atoms with Crippen LogP contribution in [0.2, 0.25) is 0 Å². The van der Waals surface area contributed by atoms with Crippen LogP contribution in [0.5, 0.6) is 0 Å². The van der Waals surface area contributed by atoms with Gasteiger partial charge in [0.2, 0.25) is 0 Å². The molecule has 7 heteroatoms. The second kappa shape index (κ2) is 3.50. The average Bonchev–Trinajstić information content (AvgIpc) is 2.04. The molecule has 1 aromatic rings. The number of nitrogens with one attached hydrogen (secondary N) is 1. The second-order valence-corrected chi connectivity index (χ2v) is 3.19. The molecule has 1 rings (SSSR count). The van der Waals surface area contributed by atoms with E-state index in [-0.39, 0.29) is 22.1 Å². The van der Waals surface area contributed by atoms with Crippen LogP contribution in [0.3, 0.4) is 0 Å². The Morgan fingerprint density at radius 1 is 1.69 bits per heavy atom. The van der Waals surface area contributed by atoms with Gasteiger partial charge in [0.05, 0.1) is 5.56 Å². The molecule has 0 fully saturated rings. The fraction of sp³-hybridized carbons (Fsp3) is 0. The van der Waals surface area contributed by atoms with Crippen LogP contribution in [0, 0.1) is 5.41 Å². The number of nitrogens with zero attached hydrogens (tertiary/aromatic N) is 1. The minimum Gasteiger partial charge on any atom is -0.768 e. The molecule has 1 unspecified atom stereocenters. The third kappa shape index (κ3) is 2.01. The summed E-state index contributed by atoms with van der Waals surface area (Å²) in [6.45, 7) is 0. The minimum atomic E-state index is -2.38.